The van der Waals surface area contributed by atoms with Crippen LogP contribution in [0.1, 0.15) is 12.1 Å². The Morgan fingerprint density at radius 3 is 2.95 bits per heavy atom. The van der Waals surface area contributed by atoms with Gasteiger partial charge in [0.2, 0.25) is 0 Å². The Labute approximate surface area is 121 Å². The van der Waals surface area contributed by atoms with Crippen molar-refractivity contribution in [2.24, 2.45) is 0 Å². The lowest BCUT2D eigenvalue weighted by Gasteiger charge is -2.05. The number of nitrogens with one attached hydrogen (secondary N) is 1. The summed E-state index contributed by atoms with van der Waals surface area (Å²) < 4.78 is 10.2. The number of H-pyrrole nitrogens is 1. The number of esters is 1. The monoisotopic (exact) mass is 284 g/mol. The third-order valence-electron chi connectivity index (χ3n) is 3.48. The number of aromatic nitrogens is 2. The zero-order chi connectivity index (χ0) is 14.8. The van der Waals surface area contributed by atoms with Crippen LogP contribution in [0.3, 0.4) is 0 Å². The Morgan fingerprint density at radius 1 is 1.29 bits per heavy atom. The first-order valence-electron chi connectivity index (χ1n) is 6.75. The Kier molecular flexibility index (Phi) is 3.48. The number of pyridine rings is 1. The fourth-order valence-electron chi connectivity index (χ4n) is 2.39. The SMILES string of the molecule is COC(=O)CCOc1ccc2c(c1)[nH]c1c(C)nccc12. The number of methoxy groups -OCH3 is 1. The minimum atomic E-state index is -0.275. The van der Waals surface area contributed by atoms with Gasteiger partial charge in [0.1, 0.15) is 5.75 Å². The van der Waals surface area contributed by atoms with Crippen molar-refractivity contribution < 1.29 is 14.3 Å². The summed E-state index contributed by atoms with van der Waals surface area (Å²) in [5, 5.41) is 2.29. The Bertz CT molecular complexity index is 808. The second kappa shape index (κ2) is 5.44. The van der Waals surface area contributed by atoms with Crippen molar-refractivity contribution in [3.63, 3.8) is 0 Å². The molecule has 0 saturated heterocycles. The average Bonchev–Trinajstić information content (AvgIpc) is 2.86. The van der Waals surface area contributed by atoms with Crippen molar-refractivity contribution in [2.75, 3.05) is 13.7 Å². The molecule has 1 aromatic carbocycles. The van der Waals surface area contributed by atoms with E-state index in [1.54, 1.807) is 0 Å². The first-order chi connectivity index (χ1) is 10.2. The molecule has 0 atom stereocenters. The maximum absolute atomic E-state index is 11.1. The third-order valence-corrected chi connectivity index (χ3v) is 3.48. The number of aryl methyl sites for hydroxylation is 1. The van der Waals surface area contributed by atoms with Gasteiger partial charge < -0.3 is 14.5 Å². The summed E-state index contributed by atoms with van der Waals surface area (Å²) in [7, 11) is 1.37. The normalized spacial score (nSPS) is 11.0. The molecule has 108 valence electrons. The van der Waals surface area contributed by atoms with Crippen LogP contribution in [0.4, 0.5) is 0 Å². The van der Waals surface area contributed by atoms with Crippen LogP contribution in [-0.2, 0) is 9.53 Å². The van der Waals surface area contributed by atoms with Crippen LogP contribution in [0.15, 0.2) is 30.5 Å². The van der Waals surface area contributed by atoms with Crippen molar-refractivity contribution >= 4 is 27.8 Å². The van der Waals surface area contributed by atoms with E-state index in [4.69, 9.17) is 4.74 Å². The average molecular weight is 284 g/mol. The molecule has 3 aromatic rings. The molecule has 0 spiro atoms. The van der Waals surface area contributed by atoms with Gasteiger partial charge in [0.05, 0.1) is 36.9 Å². The van der Waals surface area contributed by atoms with Gasteiger partial charge in [0.15, 0.2) is 0 Å². The van der Waals surface area contributed by atoms with Gasteiger partial charge in [-0.3, -0.25) is 9.78 Å². The summed E-state index contributed by atoms with van der Waals surface area (Å²) in [4.78, 5) is 18.7. The van der Waals surface area contributed by atoms with Gasteiger partial charge in [-0.25, -0.2) is 0 Å². The van der Waals surface area contributed by atoms with Crippen molar-refractivity contribution in [3.8, 4) is 5.75 Å². The van der Waals surface area contributed by atoms with E-state index in [1.807, 2.05) is 37.4 Å². The van der Waals surface area contributed by atoms with E-state index in [-0.39, 0.29) is 12.4 Å². The van der Waals surface area contributed by atoms with Crippen molar-refractivity contribution in [3.05, 3.63) is 36.2 Å². The molecule has 0 aliphatic heterocycles. The zero-order valence-electron chi connectivity index (χ0n) is 12.0. The molecule has 0 bridgehead atoms. The fraction of sp³-hybridized carbons (Fsp3) is 0.250. The quantitative estimate of drug-likeness (QED) is 0.748. The Morgan fingerprint density at radius 2 is 2.14 bits per heavy atom. The summed E-state index contributed by atoms with van der Waals surface area (Å²) in [5.41, 5.74) is 3.01. The van der Waals surface area contributed by atoms with Crippen molar-refractivity contribution in [1.29, 1.82) is 0 Å². The van der Waals surface area contributed by atoms with Crippen LogP contribution in [0.5, 0.6) is 5.75 Å². The van der Waals surface area contributed by atoms with Crippen LogP contribution in [0.25, 0.3) is 21.8 Å². The number of carbonyl (C=O) groups excluding carboxylic acids is 1. The first-order valence-corrected chi connectivity index (χ1v) is 6.75. The second-order valence-electron chi connectivity index (χ2n) is 4.83. The van der Waals surface area contributed by atoms with Crippen LogP contribution >= 0.6 is 0 Å². The molecule has 0 aliphatic carbocycles. The van der Waals surface area contributed by atoms with Gasteiger partial charge >= 0.3 is 5.97 Å². The molecule has 5 heteroatoms. The van der Waals surface area contributed by atoms with Crippen LogP contribution in [0.2, 0.25) is 0 Å². The van der Waals surface area contributed by atoms with Crippen molar-refractivity contribution in [1.82, 2.24) is 9.97 Å². The minimum absolute atomic E-state index is 0.240. The topological polar surface area (TPSA) is 64.2 Å². The number of hydrogen-bond acceptors (Lipinski definition) is 4. The fourth-order valence-corrected chi connectivity index (χ4v) is 2.39. The highest BCUT2D eigenvalue weighted by atomic mass is 16.5. The van der Waals surface area contributed by atoms with E-state index in [0.29, 0.717) is 6.61 Å². The number of aromatic amines is 1. The van der Waals surface area contributed by atoms with Gasteiger partial charge in [-0.1, -0.05) is 0 Å². The predicted octanol–water partition coefficient (Wildman–Crippen LogP) is 2.97. The lowest BCUT2D eigenvalue weighted by atomic mass is 10.1. The molecule has 2 heterocycles. The molecule has 0 aliphatic rings. The number of ether oxygens (including phenoxy) is 2. The highest BCUT2D eigenvalue weighted by Gasteiger charge is 2.08. The maximum atomic E-state index is 11.1. The van der Waals surface area contributed by atoms with Gasteiger partial charge in [0.25, 0.3) is 0 Å². The molecule has 0 unspecified atom stereocenters. The zero-order valence-corrected chi connectivity index (χ0v) is 12.0. The summed E-state index contributed by atoms with van der Waals surface area (Å²) in [6.45, 7) is 2.28. The Balaban J connectivity index is 1.88. The smallest absolute Gasteiger partial charge is 0.308 e. The number of fused-ring (bicyclic) bond motifs is 3. The van der Waals surface area contributed by atoms with E-state index < -0.39 is 0 Å². The molecule has 0 saturated carbocycles. The number of benzene rings is 1. The largest absolute Gasteiger partial charge is 0.493 e. The van der Waals surface area contributed by atoms with Crippen LogP contribution in [-0.4, -0.2) is 29.7 Å². The number of nitrogens with zero attached hydrogens (tertiary/aromatic N) is 1. The highest BCUT2D eigenvalue weighted by Crippen LogP contribution is 2.29. The minimum Gasteiger partial charge on any atom is -0.493 e. The van der Waals surface area contributed by atoms with E-state index in [9.17, 15) is 4.79 Å². The van der Waals surface area contributed by atoms with E-state index in [1.165, 1.54) is 7.11 Å². The molecule has 21 heavy (non-hydrogen) atoms. The lowest BCUT2D eigenvalue weighted by molar-refractivity contribution is -0.141. The molecule has 0 radical (unpaired) electrons. The molecule has 2 aromatic heterocycles. The molecular formula is C16H16N2O3. The van der Waals surface area contributed by atoms with Crippen LogP contribution in [0, 0.1) is 6.92 Å². The molecule has 1 N–H and O–H groups in total. The van der Waals surface area contributed by atoms with Gasteiger partial charge in [-0.15, -0.1) is 0 Å². The lowest BCUT2D eigenvalue weighted by Crippen LogP contribution is -2.07. The predicted molar refractivity (Wildman–Crippen MR) is 80.5 cm³/mol. The summed E-state index contributed by atoms with van der Waals surface area (Å²) in [6.07, 6.45) is 2.05. The summed E-state index contributed by atoms with van der Waals surface area (Å²) >= 11 is 0. The summed E-state index contributed by atoms with van der Waals surface area (Å²) in [5.74, 6) is 0.451. The van der Waals surface area contributed by atoms with Gasteiger partial charge in [-0.2, -0.15) is 0 Å². The van der Waals surface area contributed by atoms with E-state index in [2.05, 4.69) is 14.7 Å². The van der Waals surface area contributed by atoms with E-state index in [0.717, 1.165) is 33.2 Å². The van der Waals surface area contributed by atoms with Gasteiger partial charge in [0, 0.05) is 23.0 Å². The van der Waals surface area contributed by atoms with Gasteiger partial charge in [-0.05, 0) is 25.1 Å². The number of hydrogen-bond donors (Lipinski definition) is 1. The summed E-state index contributed by atoms with van der Waals surface area (Å²) in [6, 6.07) is 7.86. The number of rotatable bonds is 4. The second-order valence-corrected chi connectivity index (χ2v) is 4.83. The molecule has 3 rings (SSSR count). The molecular weight excluding hydrogens is 268 g/mol. The Hall–Kier alpha value is -2.56. The van der Waals surface area contributed by atoms with Crippen molar-refractivity contribution in [2.45, 2.75) is 13.3 Å². The maximum Gasteiger partial charge on any atom is 0.308 e. The molecule has 5 nitrogen and oxygen atoms in total. The van der Waals surface area contributed by atoms with E-state index >= 15 is 0 Å². The van der Waals surface area contributed by atoms with Crippen LogP contribution < -0.4 is 4.74 Å². The first kappa shape index (κ1) is 13.4. The standard InChI is InChI=1S/C16H16N2O3/c1-10-16-13(5-7-17-10)12-4-3-11(9-14(12)18-16)21-8-6-15(19)20-2/h3-5,7,9,18H,6,8H2,1-2H3. The number of carbonyl (C=O) groups is 1. The third kappa shape index (κ3) is 2.54. The molecule has 0 amide bonds. The highest BCUT2D eigenvalue weighted by molar-refractivity contribution is 6.08. The molecule has 0 fully saturated rings.